The summed E-state index contributed by atoms with van der Waals surface area (Å²) in [6.07, 6.45) is -0.742. The molecule has 0 bridgehead atoms. The molecule has 0 amide bonds. The smallest absolute Gasteiger partial charge is 0.119 e. The van der Waals surface area contributed by atoms with Crippen LogP contribution in [0.1, 0.15) is 49.9 Å². The topological polar surface area (TPSA) is 189 Å². The van der Waals surface area contributed by atoms with E-state index in [4.69, 9.17) is 52.1 Å². The lowest BCUT2D eigenvalue weighted by Gasteiger charge is -2.33. The molecule has 0 spiro atoms. The Labute approximate surface area is 459 Å². The lowest BCUT2D eigenvalue weighted by atomic mass is 10.1. The van der Waals surface area contributed by atoms with Crippen molar-refractivity contribution in [3.05, 3.63) is 119 Å². The molecule has 0 aromatic heterocycles. The summed E-state index contributed by atoms with van der Waals surface area (Å²) in [5, 5.41) is 44.8. The molecular formula is C60H92N2O15. The minimum Gasteiger partial charge on any atom is -0.491 e. The van der Waals surface area contributed by atoms with Gasteiger partial charge in [-0.1, -0.05) is 48.5 Å². The molecular weight excluding hydrogens is 989 g/mol. The van der Waals surface area contributed by atoms with Gasteiger partial charge in [0.05, 0.1) is 65.1 Å². The van der Waals surface area contributed by atoms with E-state index >= 15 is 0 Å². The van der Waals surface area contributed by atoms with Crippen LogP contribution in [0.4, 0.5) is 0 Å². The van der Waals surface area contributed by atoms with E-state index in [1.807, 2.05) is 135 Å². The molecule has 432 valence electrons. The van der Waals surface area contributed by atoms with Gasteiger partial charge in [0.25, 0.3) is 0 Å². The van der Waals surface area contributed by atoms with Gasteiger partial charge in [0.2, 0.25) is 0 Å². The summed E-state index contributed by atoms with van der Waals surface area (Å²) in [6, 6.07) is 30.6. The number of aliphatic hydroxyl groups excluding tert-OH is 4. The Bertz CT molecular complexity index is 1940. The second kappa shape index (κ2) is 38.2. The number of nitrogens with zero attached hydrogens (tertiary/aromatic N) is 2. The van der Waals surface area contributed by atoms with Gasteiger partial charge < -0.3 is 72.5 Å². The molecule has 0 radical (unpaired) electrons. The molecule has 0 aliphatic carbocycles. The minimum absolute atomic E-state index is 0.0657. The number of rotatable bonds is 44. The average Bonchev–Trinajstić information content (AvgIpc) is 3.44. The van der Waals surface area contributed by atoms with Crippen molar-refractivity contribution in [3.63, 3.8) is 0 Å². The molecule has 4 N–H and O–H groups in total. The maximum absolute atomic E-state index is 11.2. The van der Waals surface area contributed by atoms with E-state index in [0.29, 0.717) is 75.9 Å². The van der Waals surface area contributed by atoms with Crippen LogP contribution in [0, 0.1) is 0 Å². The van der Waals surface area contributed by atoms with E-state index in [-0.39, 0.29) is 76.9 Å². The van der Waals surface area contributed by atoms with Crippen molar-refractivity contribution >= 4 is 0 Å². The summed E-state index contributed by atoms with van der Waals surface area (Å²) in [7, 11) is 6.71. The fourth-order valence-corrected chi connectivity index (χ4v) is 8.14. The van der Waals surface area contributed by atoms with Gasteiger partial charge >= 0.3 is 0 Å². The molecule has 0 fully saturated rings. The number of methoxy groups -OCH3 is 4. The largest absolute Gasteiger partial charge is 0.491 e. The zero-order chi connectivity index (χ0) is 55.6. The van der Waals surface area contributed by atoms with Gasteiger partial charge in [0.1, 0.15) is 73.8 Å². The first-order valence-electron chi connectivity index (χ1n) is 27.1. The Morgan fingerprint density at radius 3 is 0.883 bits per heavy atom. The molecule has 8 atom stereocenters. The fourth-order valence-electron chi connectivity index (χ4n) is 8.14. The van der Waals surface area contributed by atoms with E-state index in [1.54, 1.807) is 28.4 Å². The van der Waals surface area contributed by atoms with Crippen molar-refractivity contribution in [2.75, 3.05) is 134 Å². The first kappa shape index (κ1) is 65.1. The van der Waals surface area contributed by atoms with Crippen LogP contribution in [0.5, 0.6) is 23.0 Å². The summed E-state index contributed by atoms with van der Waals surface area (Å²) < 4.78 is 63.2. The standard InChI is InChI=1S/C60H92N2O15/c1-45(61(33-53(63)41-74-57-17-9-49(10-18-57)25-29-67-5)34-54(64)42-75-58-19-11-50(12-20-58)26-30-68-6)37-71-39-47(3)73-40-48(4)72-38-46(2)62(35-55(65)43-76-59-21-13-51(14-22-59)27-31-69-7)36-56(66)44-77-60-23-15-52(16-24-60)28-32-70-8/h9-24,45-48,53-56,63-66H,25-44H2,1-8H3. The number of ether oxygens (including phenoxy) is 11. The van der Waals surface area contributed by atoms with E-state index in [2.05, 4.69) is 0 Å². The number of benzene rings is 4. The third-order valence-electron chi connectivity index (χ3n) is 12.8. The van der Waals surface area contributed by atoms with Crippen LogP contribution in [0.3, 0.4) is 0 Å². The van der Waals surface area contributed by atoms with E-state index in [1.165, 1.54) is 0 Å². The Hall–Kier alpha value is -4.44. The quantitative estimate of drug-likeness (QED) is 0.0421. The van der Waals surface area contributed by atoms with Gasteiger partial charge in [0.15, 0.2) is 0 Å². The minimum atomic E-state index is -0.853. The van der Waals surface area contributed by atoms with Crippen molar-refractivity contribution in [2.45, 2.75) is 102 Å². The molecule has 4 aromatic rings. The highest BCUT2D eigenvalue weighted by Gasteiger charge is 2.25. The number of aliphatic hydroxyl groups is 4. The monoisotopic (exact) mass is 1080 g/mol. The van der Waals surface area contributed by atoms with Crippen molar-refractivity contribution in [1.82, 2.24) is 9.80 Å². The lowest BCUT2D eigenvalue weighted by molar-refractivity contribution is -0.0756. The molecule has 4 rings (SSSR count). The average molecular weight is 1080 g/mol. The molecule has 17 heteroatoms. The van der Waals surface area contributed by atoms with Crippen molar-refractivity contribution in [2.24, 2.45) is 0 Å². The van der Waals surface area contributed by atoms with Crippen LogP contribution in [0.25, 0.3) is 0 Å². The molecule has 17 nitrogen and oxygen atoms in total. The molecule has 8 unspecified atom stereocenters. The van der Waals surface area contributed by atoms with E-state index < -0.39 is 24.4 Å². The van der Waals surface area contributed by atoms with Crippen LogP contribution in [-0.4, -0.2) is 213 Å². The van der Waals surface area contributed by atoms with Crippen molar-refractivity contribution in [3.8, 4) is 23.0 Å². The predicted octanol–water partition coefficient (Wildman–Crippen LogP) is 5.71. The number of hydrogen-bond acceptors (Lipinski definition) is 17. The summed E-state index contributed by atoms with van der Waals surface area (Å²) in [6.45, 7) is 12.8. The second-order valence-corrected chi connectivity index (χ2v) is 19.8. The SMILES string of the molecule is COCCc1ccc(OCC(O)CN(CC(O)COc2ccc(CCOC)cc2)C(C)COCC(C)OCC(C)OCC(C)N(CC(O)COc2ccc(CCOC)cc2)CC(O)COc2ccc(CCOC)cc2)cc1. The molecule has 0 heterocycles. The highest BCUT2D eigenvalue weighted by Crippen LogP contribution is 2.18. The van der Waals surface area contributed by atoms with Crippen LogP contribution >= 0.6 is 0 Å². The van der Waals surface area contributed by atoms with Crippen molar-refractivity contribution in [1.29, 1.82) is 0 Å². The van der Waals surface area contributed by atoms with Crippen LogP contribution in [0.15, 0.2) is 97.1 Å². The van der Waals surface area contributed by atoms with E-state index in [9.17, 15) is 20.4 Å². The van der Waals surface area contributed by atoms with Gasteiger partial charge in [-0.3, -0.25) is 9.80 Å². The third-order valence-corrected chi connectivity index (χ3v) is 12.8. The summed E-state index contributed by atoms with van der Waals surface area (Å²) in [4.78, 5) is 3.98. The Morgan fingerprint density at radius 1 is 0.338 bits per heavy atom. The summed E-state index contributed by atoms with van der Waals surface area (Å²) in [5.74, 6) is 2.62. The molecule has 4 aromatic carbocycles. The van der Waals surface area contributed by atoms with Gasteiger partial charge in [0, 0.05) is 66.7 Å². The molecule has 0 aliphatic rings. The highest BCUT2D eigenvalue weighted by atomic mass is 16.6. The van der Waals surface area contributed by atoms with Crippen LogP contribution in [-0.2, 0) is 58.8 Å². The van der Waals surface area contributed by atoms with Crippen molar-refractivity contribution < 1.29 is 72.5 Å². The van der Waals surface area contributed by atoms with Gasteiger partial charge in [-0.05, 0) is 124 Å². The maximum Gasteiger partial charge on any atom is 0.119 e. The predicted molar refractivity (Wildman–Crippen MR) is 298 cm³/mol. The van der Waals surface area contributed by atoms with Gasteiger partial charge in [-0.2, -0.15) is 0 Å². The van der Waals surface area contributed by atoms with E-state index in [0.717, 1.165) is 47.9 Å². The van der Waals surface area contributed by atoms with Gasteiger partial charge in [-0.25, -0.2) is 0 Å². The zero-order valence-corrected chi connectivity index (χ0v) is 47.2. The molecule has 77 heavy (non-hydrogen) atoms. The van der Waals surface area contributed by atoms with Crippen LogP contribution in [0.2, 0.25) is 0 Å². The first-order valence-corrected chi connectivity index (χ1v) is 27.1. The summed E-state index contributed by atoms with van der Waals surface area (Å²) >= 11 is 0. The second-order valence-electron chi connectivity index (χ2n) is 19.8. The Kier molecular flexibility index (Phi) is 32.3. The third kappa shape index (κ3) is 27.8. The normalized spacial score (nSPS) is 14.9. The molecule has 0 aliphatic heterocycles. The van der Waals surface area contributed by atoms with Gasteiger partial charge in [-0.15, -0.1) is 0 Å². The summed E-state index contributed by atoms with van der Waals surface area (Å²) in [5.41, 5.74) is 4.53. The maximum atomic E-state index is 11.2. The number of hydrogen-bond donors (Lipinski definition) is 4. The first-order chi connectivity index (χ1) is 37.3. The van der Waals surface area contributed by atoms with Crippen LogP contribution < -0.4 is 18.9 Å². The zero-order valence-electron chi connectivity index (χ0n) is 47.2. The fraction of sp³-hybridized carbons (Fsp3) is 0.600. The Balaban J connectivity index is 1.26. The molecule has 0 saturated carbocycles. The Morgan fingerprint density at radius 2 is 0.597 bits per heavy atom. The highest BCUT2D eigenvalue weighted by molar-refractivity contribution is 5.30. The molecule has 0 saturated heterocycles. The lowest BCUT2D eigenvalue weighted by Crippen LogP contribution is -2.48.